The van der Waals surface area contributed by atoms with Crippen molar-refractivity contribution in [3.8, 4) is 11.5 Å². The molecule has 2 unspecified atom stereocenters. The molecule has 1 aromatic carbocycles. The number of anilines is 3. The van der Waals surface area contributed by atoms with Crippen molar-refractivity contribution < 1.29 is 9.47 Å². The number of nitrogens with one attached hydrogen (secondary N) is 1. The minimum Gasteiger partial charge on any atom is -0.497 e. The first-order valence-corrected chi connectivity index (χ1v) is 8.42. The quantitative estimate of drug-likeness (QED) is 0.862. The zero-order chi connectivity index (χ0) is 17.8. The summed E-state index contributed by atoms with van der Waals surface area (Å²) in [4.78, 5) is 11.0. The standard InChI is InChI=1S/C18H25N5O2/c1-12-10-23(7-6-14(12)19)18-9-17(20-11-21-18)22-15-5-4-13(24-2)8-16(15)25-3/h4-5,8-9,11-12,14H,6-7,10,19H2,1-3H3,(H,20,21,22). The molecule has 0 radical (unpaired) electrons. The van der Waals surface area contributed by atoms with Crippen LogP contribution < -0.4 is 25.4 Å². The summed E-state index contributed by atoms with van der Waals surface area (Å²) in [6.07, 6.45) is 2.55. The molecular formula is C18H25N5O2. The molecule has 1 aliphatic rings. The number of benzene rings is 1. The third-order valence-electron chi connectivity index (χ3n) is 4.62. The highest BCUT2D eigenvalue weighted by atomic mass is 16.5. The van der Waals surface area contributed by atoms with Crippen molar-refractivity contribution in [3.05, 3.63) is 30.6 Å². The number of ether oxygens (including phenoxy) is 2. The second-order valence-electron chi connectivity index (χ2n) is 6.33. The molecule has 3 rings (SSSR count). The Morgan fingerprint density at radius 2 is 2.04 bits per heavy atom. The van der Waals surface area contributed by atoms with Crippen LogP contribution in [0.3, 0.4) is 0 Å². The summed E-state index contributed by atoms with van der Waals surface area (Å²) < 4.78 is 10.7. The zero-order valence-electron chi connectivity index (χ0n) is 14.9. The molecule has 0 bridgehead atoms. The van der Waals surface area contributed by atoms with E-state index in [4.69, 9.17) is 15.2 Å². The van der Waals surface area contributed by atoms with Crippen molar-refractivity contribution in [1.29, 1.82) is 0 Å². The van der Waals surface area contributed by atoms with Crippen molar-refractivity contribution >= 4 is 17.3 Å². The van der Waals surface area contributed by atoms with E-state index >= 15 is 0 Å². The van der Waals surface area contributed by atoms with Crippen LogP contribution in [0.4, 0.5) is 17.3 Å². The highest BCUT2D eigenvalue weighted by molar-refractivity contribution is 5.67. The van der Waals surface area contributed by atoms with Gasteiger partial charge in [-0.1, -0.05) is 6.92 Å². The molecule has 2 aromatic rings. The molecule has 1 saturated heterocycles. The Morgan fingerprint density at radius 3 is 2.76 bits per heavy atom. The molecule has 0 aliphatic carbocycles. The number of hydrogen-bond donors (Lipinski definition) is 2. The Labute approximate surface area is 148 Å². The van der Waals surface area contributed by atoms with Crippen LogP contribution >= 0.6 is 0 Å². The van der Waals surface area contributed by atoms with Gasteiger partial charge in [-0.25, -0.2) is 9.97 Å². The van der Waals surface area contributed by atoms with Gasteiger partial charge in [-0.05, 0) is 24.5 Å². The summed E-state index contributed by atoms with van der Waals surface area (Å²) in [6.45, 7) is 4.00. The van der Waals surface area contributed by atoms with Crippen LogP contribution in [0, 0.1) is 5.92 Å². The lowest BCUT2D eigenvalue weighted by Crippen LogP contribution is -2.46. The molecule has 1 aromatic heterocycles. The lowest BCUT2D eigenvalue weighted by atomic mass is 9.95. The highest BCUT2D eigenvalue weighted by Gasteiger charge is 2.24. The Bertz CT molecular complexity index is 724. The molecule has 0 spiro atoms. The predicted octanol–water partition coefficient (Wildman–Crippen LogP) is 2.41. The molecule has 25 heavy (non-hydrogen) atoms. The van der Waals surface area contributed by atoms with Gasteiger partial charge in [0.15, 0.2) is 0 Å². The normalized spacial score (nSPS) is 20.2. The molecule has 3 N–H and O–H groups in total. The first-order valence-electron chi connectivity index (χ1n) is 8.42. The smallest absolute Gasteiger partial charge is 0.146 e. The monoisotopic (exact) mass is 343 g/mol. The number of nitrogens with two attached hydrogens (primary N) is 1. The van der Waals surface area contributed by atoms with Gasteiger partial charge in [0, 0.05) is 31.3 Å². The van der Waals surface area contributed by atoms with E-state index in [0.717, 1.165) is 42.6 Å². The van der Waals surface area contributed by atoms with Crippen LogP contribution in [-0.4, -0.2) is 43.3 Å². The third kappa shape index (κ3) is 3.93. The molecule has 0 saturated carbocycles. The van der Waals surface area contributed by atoms with Crippen LogP contribution in [0.2, 0.25) is 0 Å². The van der Waals surface area contributed by atoms with Crippen molar-refractivity contribution in [1.82, 2.24) is 9.97 Å². The maximum atomic E-state index is 6.11. The van der Waals surface area contributed by atoms with E-state index in [2.05, 4.69) is 27.1 Å². The molecule has 1 aliphatic heterocycles. The van der Waals surface area contributed by atoms with E-state index < -0.39 is 0 Å². The number of aromatic nitrogens is 2. The fraction of sp³-hybridized carbons (Fsp3) is 0.444. The Kier molecular flexibility index (Phi) is 5.23. The minimum atomic E-state index is 0.263. The first-order chi connectivity index (χ1) is 12.1. The molecule has 2 atom stereocenters. The van der Waals surface area contributed by atoms with Crippen LogP contribution in [0.5, 0.6) is 11.5 Å². The SMILES string of the molecule is COc1ccc(Nc2cc(N3CCC(N)C(C)C3)ncn2)c(OC)c1. The summed E-state index contributed by atoms with van der Waals surface area (Å²) in [5.74, 6) is 3.50. The summed E-state index contributed by atoms with van der Waals surface area (Å²) in [7, 11) is 3.26. The second kappa shape index (κ2) is 7.57. The fourth-order valence-corrected chi connectivity index (χ4v) is 3.00. The van der Waals surface area contributed by atoms with Crippen molar-refractivity contribution in [2.24, 2.45) is 11.7 Å². The fourth-order valence-electron chi connectivity index (χ4n) is 3.00. The van der Waals surface area contributed by atoms with E-state index in [1.165, 1.54) is 0 Å². The third-order valence-corrected chi connectivity index (χ3v) is 4.62. The van der Waals surface area contributed by atoms with Gasteiger partial charge >= 0.3 is 0 Å². The van der Waals surface area contributed by atoms with Crippen molar-refractivity contribution in [2.45, 2.75) is 19.4 Å². The number of hydrogen-bond acceptors (Lipinski definition) is 7. The van der Waals surface area contributed by atoms with Crippen LogP contribution in [0.25, 0.3) is 0 Å². The molecule has 134 valence electrons. The van der Waals surface area contributed by atoms with Gasteiger partial charge in [0.05, 0.1) is 19.9 Å². The zero-order valence-corrected chi connectivity index (χ0v) is 14.9. The molecule has 7 nitrogen and oxygen atoms in total. The number of methoxy groups -OCH3 is 2. The molecule has 1 fully saturated rings. The summed E-state index contributed by atoms with van der Waals surface area (Å²) in [5, 5.41) is 3.29. The maximum absolute atomic E-state index is 6.11. The van der Waals surface area contributed by atoms with Crippen molar-refractivity contribution in [2.75, 3.05) is 37.5 Å². The topological polar surface area (TPSA) is 85.5 Å². The Balaban J connectivity index is 1.78. The number of rotatable bonds is 5. The van der Waals surface area contributed by atoms with Crippen LogP contribution in [0.15, 0.2) is 30.6 Å². The summed E-state index contributed by atoms with van der Waals surface area (Å²) in [6, 6.07) is 7.83. The first kappa shape index (κ1) is 17.3. The van der Waals surface area contributed by atoms with Gasteiger partial charge in [0.1, 0.15) is 29.5 Å². The Morgan fingerprint density at radius 1 is 1.20 bits per heavy atom. The van der Waals surface area contributed by atoms with E-state index in [0.29, 0.717) is 11.7 Å². The van der Waals surface area contributed by atoms with Gasteiger partial charge in [0.25, 0.3) is 0 Å². The molecule has 0 amide bonds. The van der Waals surface area contributed by atoms with Gasteiger partial charge in [-0.15, -0.1) is 0 Å². The van der Waals surface area contributed by atoms with Crippen LogP contribution in [0.1, 0.15) is 13.3 Å². The van der Waals surface area contributed by atoms with Gasteiger partial charge in [-0.3, -0.25) is 0 Å². The van der Waals surface area contributed by atoms with Gasteiger partial charge in [0.2, 0.25) is 0 Å². The second-order valence-corrected chi connectivity index (χ2v) is 6.33. The van der Waals surface area contributed by atoms with Crippen LogP contribution in [-0.2, 0) is 0 Å². The molecule has 7 heteroatoms. The highest BCUT2D eigenvalue weighted by Crippen LogP contribution is 2.31. The van der Waals surface area contributed by atoms with E-state index in [9.17, 15) is 0 Å². The predicted molar refractivity (Wildman–Crippen MR) is 98.8 cm³/mol. The lowest BCUT2D eigenvalue weighted by molar-refractivity contribution is 0.381. The average Bonchev–Trinajstić information content (AvgIpc) is 2.64. The van der Waals surface area contributed by atoms with E-state index in [1.807, 2.05) is 24.3 Å². The van der Waals surface area contributed by atoms with E-state index in [-0.39, 0.29) is 6.04 Å². The average molecular weight is 343 g/mol. The summed E-state index contributed by atoms with van der Waals surface area (Å²) in [5.41, 5.74) is 6.93. The van der Waals surface area contributed by atoms with Gasteiger partial charge in [-0.2, -0.15) is 0 Å². The Hall–Kier alpha value is -2.54. The molecule has 2 heterocycles. The minimum absolute atomic E-state index is 0.263. The number of piperidine rings is 1. The lowest BCUT2D eigenvalue weighted by Gasteiger charge is -2.35. The molecular weight excluding hydrogens is 318 g/mol. The van der Waals surface area contributed by atoms with Crippen molar-refractivity contribution in [3.63, 3.8) is 0 Å². The van der Waals surface area contributed by atoms with Gasteiger partial charge < -0.3 is 25.4 Å². The maximum Gasteiger partial charge on any atom is 0.146 e. The summed E-state index contributed by atoms with van der Waals surface area (Å²) >= 11 is 0. The largest absolute Gasteiger partial charge is 0.497 e. The number of nitrogens with zero attached hydrogens (tertiary/aromatic N) is 3. The van der Waals surface area contributed by atoms with E-state index in [1.54, 1.807) is 20.5 Å².